The molecule has 0 aromatic heterocycles. The third kappa shape index (κ3) is 4.14. The fourth-order valence-electron chi connectivity index (χ4n) is 2.75. The highest BCUT2D eigenvalue weighted by atomic mass is 127. The molecule has 1 unspecified atom stereocenters. The first-order chi connectivity index (χ1) is 12.8. The quantitative estimate of drug-likeness (QED) is 0.363. The Labute approximate surface area is 169 Å². The molecule has 1 amide bonds. The Bertz CT molecular complexity index is 752. The average molecular weight is 525 g/mol. The molecule has 0 N–H and O–H groups in total. The molecule has 1 atom stereocenters. The second-order valence-corrected chi connectivity index (χ2v) is 7.14. The van der Waals surface area contributed by atoms with Crippen molar-refractivity contribution < 1.29 is 40.4 Å². The number of rotatable bonds is 6. The Kier molecular flexibility index (Phi) is 6.39. The summed E-state index contributed by atoms with van der Waals surface area (Å²) in [4.78, 5) is 17.9. The summed E-state index contributed by atoms with van der Waals surface area (Å²) in [7, 11) is 0. The van der Waals surface area contributed by atoms with Crippen molar-refractivity contribution in [2.45, 2.75) is 38.0 Å². The highest BCUT2D eigenvalue weighted by Gasteiger charge is 2.74. The molecule has 0 bridgehead atoms. The van der Waals surface area contributed by atoms with Crippen LogP contribution in [-0.4, -0.2) is 35.5 Å². The second kappa shape index (κ2) is 7.81. The molecule has 2 rings (SSSR count). The van der Waals surface area contributed by atoms with Crippen LogP contribution in [0.2, 0.25) is 0 Å². The minimum absolute atomic E-state index is 0.0381. The molecule has 11 heteroatoms. The van der Waals surface area contributed by atoms with Gasteiger partial charge in [-0.2, -0.15) is 30.7 Å². The van der Waals surface area contributed by atoms with Gasteiger partial charge in [0.15, 0.2) is 0 Å². The van der Waals surface area contributed by atoms with Crippen molar-refractivity contribution in [1.82, 2.24) is 5.06 Å². The van der Waals surface area contributed by atoms with E-state index < -0.39 is 35.8 Å². The fourth-order valence-corrected chi connectivity index (χ4v) is 3.64. The van der Waals surface area contributed by atoms with Gasteiger partial charge in [-0.25, -0.2) is 5.06 Å². The summed E-state index contributed by atoms with van der Waals surface area (Å²) < 4.78 is 93.0. The van der Waals surface area contributed by atoms with Crippen molar-refractivity contribution in [3.63, 3.8) is 0 Å². The predicted octanol–water partition coefficient (Wildman–Crippen LogP) is 5.51. The van der Waals surface area contributed by atoms with Gasteiger partial charge in [0.25, 0.3) is 5.91 Å². The lowest BCUT2D eigenvalue weighted by Gasteiger charge is -2.33. The standard InChI is InChI=1S/C17H15F7INO2/c1-14(10-15(18,19)16(20,21)17(22,23)24)12(7-25)8-26(13(14)27)28-9-11-5-3-2-4-6-11/h2-7H,8-10H2,1H3/b12-7-. The Morgan fingerprint density at radius 3 is 2.21 bits per heavy atom. The molecule has 1 aliphatic heterocycles. The molecule has 28 heavy (non-hydrogen) atoms. The van der Waals surface area contributed by atoms with Crippen LogP contribution in [0.5, 0.6) is 0 Å². The third-order valence-electron chi connectivity index (χ3n) is 4.47. The fraction of sp³-hybridized carbons (Fsp3) is 0.471. The maximum absolute atomic E-state index is 13.9. The minimum Gasteiger partial charge on any atom is -0.272 e. The predicted molar refractivity (Wildman–Crippen MR) is 93.7 cm³/mol. The molecule has 1 aliphatic rings. The first-order valence-corrected chi connectivity index (χ1v) is 9.12. The van der Waals surface area contributed by atoms with E-state index >= 15 is 0 Å². The maximum Gasteiger partial charge on any atom is 0.459 e. The number of halogens is 8. The summed E-state index contributed by atoms with van der Waals surface area (Å²) in [5.74, 6) is -12.9. The van der Waals surface area contributed by atoms with Crippen molar-refractivity contribution in [1.29, 1.82) is 0 Å². The number of hydrogen-bond acceptors (Lipinski definition) is 2. The van der Waals surface area contributed by atoms with E-state index in [-0.39, 0.29) is 18.7 Å². The van der Waals surface area contributed by atoms with Gasteiger partial charge in [0, 0.05) is 6.42 Å². The van der Waals surface area contributed by atoms with E-state index in [2.05, 4.69) is 0 Å². The first kappa shape index (κ1) is 22.9. The number of carbonyl (C=O) groups is 1. The molecule has 0 saturated carbocycles. The van der Waals surface area contributed by atoms with Gasteiger partial charge in [-0.15, -0.1) is 0 Å². The first-order valence-electron chi connectivity index (χ1n) is 7.87. The molecule has 0 spiro atoms. The topological polar surface area (TPSA) is 29.5 Å². The van der Waals surface area contributed by atoms with Crippen LogP contribution in [0.3, 0.4) is 0 Å². The Balaban J connectivity index is 2.23. The molecule has 1 aromatic carbocycles. The van der Waals surface area contributed by atoms with Crippen LogP contribution in [0.4, 0.5) is 30.7 Å². The summed E-state index contributed by atoms with van der Waals surface area (Å²) >= 11 is 1.61. The largest absolute Gasteiger partial charge is 0.459 e. The molecular formula is C17H15F7INO2. The summed E-state index contributed by atoms with van der Waals surface area (Å²) in [6.45, 7) is 0.483. The van der Waals surface area contributed by atoms with Crippen molar-refractivity contribution in [2.24, 2.45) is 5.41 Å². The van der Waals surface area contributed by atoms with Crippen LogP contribution in [0.1, 0.15) is 18.9 Å². The number of hydroxylamine groups is 2. The van der Waals surface area contributed by atoms with Crippen molar-refractivity contribution in [3.05, 3.63) is 45.6 Å². The zero-order chi connectivity index (χ0) is 21.4. The average Bonchev–Trinajstić information content (AvgIpc) is 2.83. The Morgan fingerprint density at radius 2 is 1.71 bits per heavy atom. The van der Waals surface area contributed by atoms with Gasteiger partial charge in [0.05, 0.1) is 12.0 Å². The van der Waals surface area contributed by atoms with Crippen molar-refractivity contribution in [2.75, 3.05) is 6.54 Å². The molecule has 1 saturated heterocycles. The number of alkyl halides is 7. The van der Waals surface area contributed by atoms with Gasteiger partial charge in [-0.3, -0.25) is 9.63 Å². The molecule has 0 aliphatic carbocycles. The SMILES string of the molecule is CC1(CC(F)(F)C(F)(F)C(F)(F)F)C(=O)N(OCc2ccccc2)C/C1=C/I. The van der Waals surface area contributed by atoms with Gasteiger partial charge >= 0.3 is 18.0 Å². The lowest BCUT2D eigenvalue weighted by atomic mass is 9.78. The number of amides is 1. The smallest absolute Gasteiger partial charge is 0.272 e. The van der Waals surface area contributed by atoms with Gasteiger partial charge < -0.3 is 0 Å². The number of hydrogen-bond donors (Lipinski definition) is 0. The molecule has 0 radical (unpaired) electrons. The molecule has 3 nitrogen and oxygen atoms in total. The molecule has 1 aromatic rings. The van der Waals surface area contributed by atoms with Crippen LogP contribution >= 0.6 is 22.6 Å². The van der Waals surface area contributed by atoms with E-state index in [1.54, 1.807) is 52.9 Å². The highest BCUT2D eigenvalue weighted by molar-refractivity contribution is 14.1. The van der Waals surface area contributed by atoms with Crippen LogP contribution < -0.4 is 0 Å². The normalized spacial score (nSPS) is 23.0. The summed E-state index contributed by atoms with van der Waals surface area (Å²) in [5.41, 5.74) is -1.66. The molecule has 1 fully saturated rings. The van der Waals surface area contributed by atoms with Crippen LogP contribution in [0.15, 0.2) is 40.0 Å². The highest BCUT2D eigenvalue weighted by Crippen LogP contribution is 2.54. The van der Waals surface area contributed by atoms with Crippen molar-refractivity contribution in [3.8, 4) is 0 Å². The van der Waals surface area contributed by atoms with Gasteiger partial charge in [0.2, 0.25) is 0 Å². The molecular weight excluding hydrogens is 510 g/mol. The van der Waals surface area contributed by atoms with E-state index in [1.165, 1.54) is 4.08 Å². The van der Waals surface area contributed by atoms with Gasteiger partial charge in [-0.05, 0) is 22.1 Å². The second-order valence-electron chi connectivity index (χ2n) is 6.52. The van der Waals surface area contributed by atoms with E-state index in [9.17, 15) is 35.5 Å². The molecule has 156 valence electrons. The maximum atomic E-state index is 13.9. The monoisotopic (exact) mass is 525 g/mol. The third-order valence-corrected chi connectivity index (χ3v) is 5.23. The van der Waals surface area contributed by atoms with Crippen molar-refractivity contribution >= 4 is 28.5 Å². The Hall–Kier alpha value is -1.37. The van der Waals surface area contributed by atoms with E-state index in [1.807, 2.05) is 0 Å². The summed E-state index contributed by atoms with van der Waals surface area (Å²) in [6.07, 6.45) is -8.46. The summed E-state index contributed by atoms with van der Waals surface area (Å²) in [6, 6.07) is 8.48. The van der Waals surface area contributed by atoms with E-state index in [0.717, 1.165) is 6.92 Å². The zero-order valence-electron chi connectivity index (χ0n) is 14.4. The lowest BCUT2D eigenvalue weighted by Crippen LogP contribution is -2.54. The van der Waals surface area contributed by atoms with Gasteiger partial charge in [-0.1, -0.05) is 52.9 Å². The minimum atomic E-state index is -6.45. The Morgan fingerprint density at radius 1 is 1.14 bits per heavy atom. The number of benzene rings is 1. The van der Waals surface area contributed by atoms with E-state index in [0.29, 0.717) is 10.6 Å². The zero-order valence-corrected chi connectivity index (χ0v) is 16.5. The van der Waals surface area contributed by atoms with E-state index in [4.69, 9.17) is 4.84 Å². The van der Waals surface area contributed by atoms with Gasteiger partial charge in [0.1, 0.15) is 6.61 Å². The molecule has 1 heterocycles. The van der Waals surface area contributed by atoms with Crippen LogP contribution in [-0.2, 0) is 16.2 Å². The lowest BCUT2D eigenvalue weighted by molar-refractivity contribution is -0.358. The number of nitrogens with zero attached hydrogens (tertiary/aromatic N) is 1. The number of carbonyl (C=O) groups excluding carboxylic acids is 1. The summed E-state index contributed by atoms with van der Waals surface area (Å²) in [5, 5.41) is 0.708. The van der Waals surface area contributed by atoms with Crippen LogP contribution in [0, 0.1) is 5.41 Å². The van der Waals surface area contributed by atoms with Crippen LogP contribution in [0.25, 0.3) is 0 Å².